The molecule has 0 bridgehead atoms. The lowest BCUT2D eigenvalue weighted by atomic mass is 10.0. The Morgan fingerprint density at radius 1 is 1.35 bits per heavy atom. The van der Waals surface area contributed by atoms with Crippen molar-refractivity contribution in [3.63, 3.8) is 0 Å². The van der Waals surface area contributed by atoms with Crippen molar-refractivity contribution in [2.24, 2.45) is 0 Å². The number of likely N-dealkylation sites (tertiary alicyclic amines) is 1. The van der Waals surface area contributed by atoms with Crippen molar-refractivity contribution in [3.05, 3.63) is 11.8 Å². The van der Waals surface area contributed by atoms with Crippen molar-refractivity contribution in [1.82, 2.24) is 15.1 Å². The van der Waals surface area contributed by atoms with E-state index in [4.69, 9.17) is 4.42 Å². The highest BCUT2D eigenvalue weighted by Crippen LogP contribution is 2.18. The highest BCUT2D eigenvalue weighted by Gasteiger charge is 2.27. The second-order valence-corrected chi connectivity index (χ2v) is 3.97. The molecular formula is C12H21N3O2. The zero-order chi connectivity index (χ0) is 12.8. The van der Waals surface area contributed by atoms with E-state index in [1.807, 2.05) is 18.7 Å². The van der Waals surface area contributed by atoms with Crippen molar-refractivity contribution in [2.75, 3.05) is 6.54 Å². The van der Waals surface area contributed by atoms with E-state index in [-0.39, 0.29) is 17.8 Å². The Bertz CT molecular complexity index is 362. The molecular weight excluding hydrogens is 218 g/mol. The Balaban J connectivity index is 0.000000686. The summed E-state index contributed by atoms with van der Waals surface area (Å²) in [7, 11) is 0. The molecule has 5 nitrogen and oxygen atoms in total. The molecule has 2 heterocycles. The standard InChI is InChI=1S/C10H15N3O2.C2H6/c1-7-5-3-4-6-13(7)10(14)9-12-11-8(2)15-9;1-2/h7H,3-6H2,1-2H3;1-2H3/t7-;/m0./s1. The molecule has 2 rings (SSSR count). The largest absolute Gasteiger partial charge is 0.417 e. The van der Waals surface area contributed by atoms with Crippen LogP contribution in [-0.2, 0) is 0 Å². The summed E-state index contributed by atoms with van der Waals surface area (Å²) in [6, 6.07) is 0.276. The van der Waals surface area contributed by atoms with Gasteiger partial charge in [0.1, 0.15) is 0 Å². The smallest absolute Gasteiger partial charge is 0.311 e. The molecule has 1 aromatic rings. The van der Waals surface area contributed by atoms with E-state index in [1.165, 1.54) is 6.42 Å². The highest BCUT2D eigenvalue weighted by atomic mass is 16.4. The van der Waals surface area contributed by atoms with Gasteiger partial charge >= 0.3 is 11.8 Å². The number of rotatable bonds is 1. The maximum Gasteiger partial charge on any atom is 0.311 e. The molecule has 1 aliphatic heterocycles. The maximum absolute atomic E-state index is 12.0. The van der Waals surface area contributed by atoms with Crippen LogP contribution in [0.1, 0.15) is 56.6 Å². The first-order chi connectivity index (χ1) is 8.18. The highest BCUT2D eigenvalue weighted by molar-refractivity contribution is 5.89. The topological polar surface area (TPSA) is 59.2 Å². The van der Waals surface area contributed by atoms with Gasteiger partial charge in [-0.25, -0.2) is 0 Å². The average Bonchev–Trinajstić information content (AvgIpc) is 2.78. The van der Waals surface area contributed by atoms with E-state index in [2.05, 4.69) is 17.1 Å². The molecule has 1 atom stereocenters. The van der Waals surface area contributed by atoms with Crippen molar-refractivity contribution >= 4 is 5.91 Å². The molecule has 0 aliphatic carbocycles. The number of carbonyl (C=O) groups is 1. The molecule has 0 spiro atoms. The van der Waals surface area contributed by atoms with Gasteiger partial charge in [0.05, 0.1) is 0 Å². The Labute approximate surface area is 102 Å². The van der Waals surface area contributed by atoms with Gasteiger partial charge in [-0.2, -0.15) is 0 Å². The number of nitrogens with zero attached hydrogens (tertiary/aromatic N) is 3. The monoisotopic (exact) mass is 239 g/mol. The molecule has 1 saturated heterocycles. The van der Waals surface area contributed by atoms with Gasteiger partial charge in [0.15, 0.2) is 0 Å². The van der Waals surface area contributed by atoms with E-state index >= 15 is 0 Å². The average molecular weight is 239 g/mol. The van der Waals surface area contributed by atoms with Crippen LogP contribution in [0.25, 0.3) is 0 Å². The van der Waals surface area contributed by atoms with Gasteiger partial charge in [0.2, 0.25) is 5.89 Å². The zero-order valence-corrected chi connectivity index (χ0v) is 11.1. The van der Waals surface area contributed by atoms with Crippen LogP contribution in [0.2, 0.25) is 0 Å². The lowest BCUT2D eigenvalue weighted by Crippen LogP contribution is -2.42. The lowest BCUT2D eigenvalue weighted by Gasteiger charge is -2.32. The Kier molecular flexibility index (Phi) is 5.12. The molecule has 5 heteroatoms. The third-order valence-corrected chi connectivity index (χ3v) is 2.77. The molecule has 1 amide bonds. The fraction of sp³-hybridized carbons (Fsp3) is 0.750. The summed E-state index contributed by atoms with van der Waals surface area (Å²) in [5.41, 5.74) is 0. The first-order valence-corrected chi connectivity index (χ1v) is 6.29. The van der Waals surface area contributed by atoms with E-state index in [0.717, 1.165) is 19.4 Å². The van der Waals surface area contributed by atoms with Gasteiger partial charge in [0.25, 0.3) is 0 Å². The van der Waals surface area contributed by atoms with E-state index in [9.17, 15) is 4.79 Å². The minimum Gasteiger partial charge on any atom is -0.417 e. The van der Waals surface area contributed by atoms with Crippen molar-refractivity contribution < 1.29 is 9.21 Å². The normalized spacial score (nSPS) is 19.5. The maximum atomic E-state index is 12.0. The molecule has 96 valence electrons. The predicted octanol–water partition coefficient (Wildman–Crippen LogP) is 2.42. The number of hydrogen-bond donors (Lipinski definition) is 0. The van der Waals surface area contributed by atoms with Crippen molar-refractivity contribution in [1.29, 1.82) is 0 Å². The number of carbonyl (C=O) groups excluding carboxylic acids is 1. The van der Waals surface area contributed by atoms with Crippen LogP contribution < -0.4 is 0 Å². The fourth-order valence-electron chi connectivity index (χ4n) is 1.91. The molecule has 0 aromatic carbocycles. The summed E-state index contributed by atoms with van der Waals surface area (Å²) in [5.74, 6) is 0.409. The van der Waals surface area contributed by atoms with E-state index in [1.54, 1.807) is 6.92 Å². The van der Waals surface area contributed by atoms with E-state index in [0.29, 0.717) is 5.89 Å². The summed E-state index contributed by atoms with van der Waals surface area (Å²) in [6.45, 7) is 8.53. The van der Waals surface area contributed by atoms with Crippen LogP contribution in [0.4, 0.5) is 0 Å². The van der Waals surface area contributed by atoms with Crippen molar-refractivity contribution in [3.8, 4) is 0 Å². The summed E-state index contributed by atoms with van der Waals surface area (Å²) >= 11 is 0. The molecule has 0 radical (unpaired) electrons. The Morgan fingerprint density at radius 3 is 2.59 bits per heavy atom. The molecule has 0 unspecified atom stereocenters. The number of piperidine rings is 1. The third-order valence-electron chi connectivity index (χ3n) is 2.77. The number of aromatic nitrogens is 2. The molecule has 17 heavy (non-hydrogen) atoms. The second-order valence-electron chi connectivity index (χ2n) is 3.97. The lowest BCUT2D eigenvalue weighted by molar-refractivity contribution is 0.0593. The predicted molar refractivity (Wildman–Crippen MR) is 64.7 cm³/mol. The first kappa shape index (κ1) is 13.7. The summed E-state index contributed by atoms with van der Waals surface area (Å²) in [6.07, 6.45) is 3.30. The van der Waals surface area contributed by atoms with Gasteiger partial charge in [-0.15, -0.1) is 10.2 Å². The number of aryl methyl sites for hydroxylation is 1. The zero-order valence-electron chi connectivity index (χ0n) is 11.1. The van der Waals surface area contributed by atoms with Gasteiger partial charge in [-0.3, -0.25) is 4.79 Å². The Hall–Kier alpha value is -1.39. The Morgan fingerprint density at radius 2 is 2.06 bits per heavy atom. The van der Waals surface area contributed by atoms with Gasteiger partial charge < -0.3 is 9.32 Å². The van der Waals surface area contributed by atoms with Crippen LogP contribution in [0.5, 0.6) is 0 Å². The van der Waals surface area contributed by atoms with Crippen LogP contribution in [0.15, 0.2) is 4.42 Å². The number of amides is 1. The quantitative estimate of drug-likeness (QED) is 0.755. The summed E-state index contributed by atoms with van der Waals surface area (Å²) in [4.78, 5) is 13.8. The molecule has 1 aromatic heterocycles. The van der Waals surface area contributed by atoms with E-state index < -0.39 is 0 Å². The summed E-state index contributed by atoms with van der Waals surface area (Å²) in [5, 5.41) is 7.41. The SMILES string of the molecule is CC.Cc1nnc(C(=O)N2CCCC[C@@H]2C)o1. The van der Waals surface area contributed by atoms with Gasteiger partial charge in [0, 0.05) is 19.5 Å². The van der Waals surface area contributed by atoms with Crippen LogP contribution >= 0.6 is 0 Å². The van der Waals surface area contributed by atoms with Crippen molar-refractivity contribution in [2.45, 2.75) is 53.0 Å². The fourth-order valence-corrected chi connectivity index (χ4v) is 1.91. The minimum absolute atomic E-state index is 0.112. The number of hydrogen-bond acceptors (Lipinski definition) is 4. The van der Waals surface area contributed by atoms with Crippen LogP contribution in [-0.4, -0.2) is 33.6 Å². The van der Waals surface area contributed by atoms with Crippen LogP contribution in [0, 0.1) is 6.92 Å². The summed E-state index contributed by atoms with van der Waals surface area (Å²) < 4.78 is 5.13. The molecule has 0 N–H and O–H groups in total. The van der Waals surface area contributed by atoms with Gasteiger partial charge in [-0.05, 0) is 26.2 Å². The molecule has 0 saturated carbocycles. The molecule has 1 aliphatic rings. The van der Waals surface area contributed by atoms with Gasteiger partial charge in [-0.1, -0.05) is 13.8 Å². The van der Waals surface area contributed by atoms with Crippen LogP contribution in [0.3, 0.4) is 0 Å². The molecule has 1 fully saturated rings. The third kappa shape index (κ3) is 3.28. The minimum atomic E-state index is -0.136. The first-order valence-electron chi connectivity index (χ1n) is 6.29. The second kappa shape index (κ2) is 6.37.